The summed E-state index contributed by atoms with van der Waals surface area (Å²) in [6.45, 7) is 0.775. The van der Waals surface area contributed by atoms with E-state index in [1.807, 2.05) is 77.5 Å². The van der Waals surface area contributed by atoms with E-state index in [0.717, 1.165) is 32.0 Å². The number of nitrogens with one attached hydrogen (secondary N) is 1. The Kier molecular flexibility index (Phi) is 5.69. The van der Waals surface area contributed by atoms with Gasteiger partial charge in [-0.25, -0.2) is 4.98 Å². The molecule has 1 N–H and O–H groups in total. The molecule has 0 unspecified atom stereocenters. The van der Waals surface area contributed by atoms with Crippen molar-refractivity contribution in [3.8, 4) is 22.0 Å². The monoisotopic (exact) mass is 451 g/mol. The Hall–Kier alpha value is -2.70. The summed E-state index contributed by atoms with van der Waals surface area (Å²) in [5.74, 6) is -0.0276. The summed E-state index contributed by atoms with van der Waals surface area (Å²) in [4.78, 5) is 17.2. The van der Waals surface area contributed by atoms with Gasteiger partial charge in [-0.05, 0) is 29.8 Å². The van der Waals surface area contributed by atoms with Crippen molar-refractivity contribution in [3.05, 3.63) is 88.3 Å². The summed E-state index contributed by atoms with van der Waals surface area (Å²) in [5.41, 5.74) is 4.06. The first-order valence-corrected chi connectivity index (χ1v) is 10.5. The SMILES string of the molecule is O=C(Cn1cccc1-c1nc(-c2ccccc2)cs1)NCc1ccc(Br)cc1. The van der Waals surface area contributed by atoms with E-state index in [9.17, 15) is 4.79 Å². The number of nitrogens with zero attached hydrogens (tertiary/aromatic N) is 2. The third-order valence-corrected chi connectivity index (χ3v) is 5.73. The zero-order chi connectivity index (χ0) is 19.3. The van der Waals surface area contributed by atoms with E-state index < -0.39 is 0 Å². The number of halogens is 1. The molecule has 0 fully saturated rings. The fraction of sp³-hybridized carbons (Fsp3) is 0.0909. The molecule has 4 rings (SSSR count). The zero-order valence-corrected chi connectivity index (χ0v) is 17.4. The second-order valence-corrected chi connectivity index (χ2v) is 8.10. The van der Waals surface area contributed by atoms with Gasteiger partial charge in [-0.2, -0.15) is 0 Å². The van der Waals surface area contributed by atoms with Gasteiger partial charge in [-0.15, -0.1) is 11.3 Å². The van der Waals surface area contributed by atoms with Crippen molar-refractivity contribution >= 4 is 33.2 Å². The van der Waals surface area contributed by atoms with Gasteiger partial charge in [0.25, 0.3) is 0 Å². The fourth-order valence-electron chi connectivity index (χ4n) is 2.89. The zero-order valence-electron chi connectivity index (χ0n) is 15.0. The number of benzene rings is 2. The Balaban J connectivity index is 1.43. The molecular weight excluding hydrogens is 434 g/mol. The van der Waals surface area contributed by atoms with Crippen LogP contribution in [0.4, 0.5) is 0 Å². The van der Waals surface area contributed by atoms with Crippen molar-refractivity contribution in [2.24, 2.45) is 0 Å². The highest BCUT2D eigenvalue weighted by molar-refractivity contribution is 9.10. The molecule has 2 heterocycles. The molecule has 0 bridgehead atoms. The van der Waals surface area contributed by atoms with Crippen LogP contribution in [0.25, 0.3) is 22.0 Å². The number of amides is 1. The van der Waals surface area contributed by atoms with Gasteiger partial charge in [0.1, 0.15) is 11.6 Å². The first-order valence-electron chi connectivity index (χ1n) is 8.86. The molecule has 28 heavy (non-hydrogen) atoms. The summed E-state index contributed by atoms with van der Waals surface area (Å²) < 4.78 is 2.96. The number of carbonyl (C=O) groups excluding carboxylic acids is 1. The van der Waals surface area contributed by atoms with Gasteiger partial charge in [0, 0.05) is 28.2 Å². The Labute approximate surface area is 176 Å². The van der Waals surface area contributed by atoms with Crippen LogP contribution in [0.2, 0.25) is 0 Å². The Morgan fingerprint density at radius 2 is 1.82 bits per heavy atom. The smallest absolute Gasteiger partial charge is 0.240 e. The van der Waals surface area contributed by atoms with E-state index in [-0.39, 0.29) is 12.5 Å². The van der Waals surface area contributed by atoms with Crippen LogP contribution >= 0.6 is 27.3 Å². The van der Waals surface area contributed by atoms with E-state index in [0.29, 0.717) is 6.54 Å². The predicted octanol–water partition coefficient (Wildman–Crippen LogP) is 5.36. The van der Waals surface area contributed by atoms with E-state index in [4.69, 9.17) is 4.98 Å². The molecule has 0 aliphatic carbocycles. The van der Waals surface area contributed by atoms with E-state index >= 15 is 0 Å². The topological polar surface area (TPSA) is 46.9 Å². The molecule has 0 saturated carbocycles. The largest absolute Gasteiger partial charge is 0.350 e. The van der Waals surface area contributed by atoms with Crippen LogP contribution in [0.15, 0.2) is 82.8 Å². The molecule has 0 atom stereocenters. The molecule has 6 heteroatoms. The van der Waals surface area contributed by atoms with Crippen LogP contribution in [-0.4, -0.2) is 15.5 Å². The maximum absolute atomic E-state index is 12.4. The van der Waals surface area contributed by atoms with Gasteiger partial charge >= 0.3 is 0 Å². The maximum atomic E-state index is 12.4. The molecular formula is C22H18BrN3OS. The first kappa shape index (κ1) is 18.7. The van der Waals surface area contributed by atoms with Gasteiger partial charge in [-0.3, -0.25) is 4.79 Å². The van der Waals surface area contributed by atoms with Crippen LogP contribution in [0.1, 0.15) is 5.56 Å². The van der Waals surface area contributed by atoms with Crippen LogP contribution in [0.5, 0.6) is 0 Å². The number of thiazole rings is 1. The van der Waals surface area contributed by atoms with Crippen LogP contribution in [0.3, 0.4) is 0 Å². The third kappa shape index (κ3) is 4.40. The minimum atomic E-state index is -0.0276. The number of rotatable bonds is 6. The van der Waals surface area contributed by atoms with Crippen molar-refractivity contribution in [2.45, 2.75) is 13.1 Å². The maximum Gasteiger partial charge on any atom is 0.240 e. The Morgan fingerprint density at radius 3 is 2.61 bits per heavy atom. The van der Waals surface area contributed by atoms with Gasteiger partial charge in [0.05, 0.1) is 11.4 Å². The average Bonchev–Trinajstić information content (AvgIpc) is 3.37. The quantitative estimate of drug-likeness (QED) is 0.428. The Morgan fingerprint density at radius 1 is 1.04 bits per heavy atom. The van der Waals surface area contributed by atoms with Crippen LogP contribution in [-0.2, 0) is 17.9 Å². The molecule has 0 aliphatic rings. The molecule has 2 aromatic heterocycles. The molecule has 0 radical (unpaired) electrons. The molecule has 1 amide bonds. The minimum Gasteiger partial charge on any atom is -0.350 e. The molecule has 0 spiro atoms. The van der Waals surface area contributed by atoms with Gasteiger partial charge in [0.2, 0.25) is 5.91 Å². The van der Waals surface area contributed by atoms with Crippen molar-refractivity contribution in [1.82, 2.24) is 14.9 Å². The molecule has 0 saturated heterocycles. The lowest BCUT2D eigenvalue weighted by Gasteiger charge is -2.09. The Bertz CT molecular complexity index is 1070. The molecule has 4 aromatic rings. The second-order valence-electron chi connectivity index (χ2n) is 6.33. The lowest BCUT2D eigenvalue weighted by Crippen LogP contribution is -2.27. The normalized spacial score (nSPS) is 10.8. The number of carbonyl (C=O) groups is 1. The molecule has 4 nitrogen and oxygen atoms in total. The molecule has 0 aliphatic heterocycles. The molecule has 140 valence electrons. The summed E-state index contributed by atoms with van der Waals surface area (Å²) in [5, 5.41) is 5.93. The standard InChI is InChI=1S/C22H18BrN3OS/c23-18-10-8-16(9-11-18)13-24-21(27)14-26-12-4-7-20(26)22-25-19(15-28-22)17-5-2-1-3-6-17/h1-12,15H,13-14H2,(H,24,27). The van der Waals surface area contributed by atoms with Crippen molar-refractivity contribution < 1.29 is 4.79 Å². The van der Waals surface area contributed by atoms with E-state index in [2.05, 4.69) is 26.6 Å². The lowest BCUT2D eigenvalue weighted by atomic mass is 10.2. The minimum absolute atomic E-state index is 0.0276. The summed E-state index contributed by atoms with van der Waals surface area (Å²) in [7, 11) is 0. The van der Waals surface area contributed by atoms with Crippen molar-refractivity contribution in [2.75, 3.05) is 0 Å². The van der Waals surface area contributed by atoms with Gasteiger partial charge in [0.15, 0.2) is 0 Å². The highest BCUT2D eigenvalue weighted by Crippen LogP contribution is 2.29. The lowest BCUT2D eigenvalue weighted by molar-refractivity contribution is -0.121. The van der Waals surface area contributed by atoms with Gasteiger partial charge < -0.3 is 9.88 Å². The van der Waals surface area contributed by atoms with E-state index in [1.54, 1.807) is 11.3 Å². The first-order chi connectivity index (χ1) is 13.7. The van der Waals surface area contributed by atoms with Crippen LogP contribution < -0.4 is 5.32 Å². The predicted molar refractivity (Wildman–Crippen MR) is 117 cm³/mol. The highest BCUT2D eigenvalue weighted by Gasteiger charge is 2.12. The summed E-state index contributed by atoms with van der Waals surface area (Å²) in [6.07, 6.45) is 1.91. The number of aromatic nitrogens is 2. The van der Waals surface area contributed by atoms with Crippen LogP contribution in [0, 0.1) is 0 Å². The number of hydrogen-bond acceptors (Lipinski definition) is 3. The summed E-state index contributed by atoms with van der Waals surface area (Å²) in [6, 6.07) is 22.0. The fourth-order valence-corrected chi connectivity index (χ4v) is 4.03. The van der Waals surface area contributed by atoms with Gasteiger partial charge in [-0.1, -0.05) is 58.4 Å². The van der Waals surface area contributed by atoms with E-state index in [1.165, 1.54) is 0 Å². The second kappa shape index (κ2) is 8.54. The highest BCUT2D eigenvalue weighted by atomic mass is 79.9. The molecule has 2 aromatic carbocycles. The van der Waals surface area contributed by atoms with Crippen molar-refractivity contribution in [1.29, 1.82) is 0 Å². The average molecular weight is 452 g/mol. The summed E-state index contributed by atoms with van der Waals surface area (Å²) >= 11 is 5.00. The van der Waals surface area contributed by atoms with Crippen molar-refractivity contribution in [3.63, 3.8) is 0 Å². The third-order valence-electron chi connectivity index (χ3n) is 4.34. The number of hydrogen-bond donors (Lipinski definition) is 1.